The van der Waals surface area contributed by atoms with Gasteiger partial charge in [-0.1, -0.05) is 6.92 Å². The minimum Gasteiger partial charge on any atom is -0.330 e. The lowest BCUT2D eigenvalue weighted by atomic mass is 10.0. The van der Waals surface area contributed by atoms with Gasteiger partial charge in [0.2, 0.25) is 5.91 Å². The fraction of sp³-hybridized carbons (Fsp3) is 0.500. The Bertz CT molecular complexity index is 619. The highest BCUT2D eigenvalue weighted by atomic mass is 16.1. The van der Waals surface area contributed by atoms with Gasteiger partial charge in [0.25, 0.3) is 0 Å². The zero-order valence-corrected chi connectivity index (χ0v) is 12.2. The van der Waals surface area contributed by atoms with Crippen molar-refractivity contribution < 1.29 is 4.79 Å². The molecule has 2 aromatic heterocycles. The molecule has 0 bridgehead atoms. The molecule has 20 heavy (non-hydrogen) atoms. The van der Waals surface area contributed by atoms with E-state index in [9.17, 15) is 4.79 Å². The predicted octanol–water partition coefficient (Wildman–Crippen LogP) is 1.59. The number of anilines is 1. The number of hydrogen-bond donors (Lipinski definition) is 2. The molecule has 0 aliphatic heterocycles. The van der Waals surface area contributed by atoms with Crippen molar-refractivity contribution in [1.29, 1.82) is 0 Å². The standard InChI is InChI=1S/C14H21N5O/c1-9(5-4-6-15)14(20)17-11-7-12-10(2)18-19(3)13(12)16-8-11/h7-9H,4-6,15H2,1-3H3,(H,17,20). The van der Waals surface area contributed by atoms with Crippen LogP contribution in [0.5, 0.6) is 0 Å². The first kappa shape index (κ1) is 14.5. The van der Waals surface area contributed by atoms with Gasteiger partial charge < -0.3 is 11.1 Å². The third kappa shape index (κ3) is 2.96. The van der Waals surface area contributed by atoms with Gasteiger partial charge in [-0.25, -0.2) is 4.98 Å². The normalized spacial score (nSPS) is 12.6. The highest BCUT2D eigenvalue weighted by molar-refractivity contribution is 5.94. The van der Waals surface area contributed by atoms with Crippen LogP contribution in [0.1, 0.15) is 25.5 Å². The number of hydrogen-bond acceptors (Lipinski definition) is 4. The molecule has 3 N–H and O–H groups in total. The van der Waals surface area contributed by atoms with Crippen molar-refractivity contribution in [2.45, 2.75) is 26.7 Å². The van der Waals surface area contributed by atoms with Crippen LogP contribution in [-0.4, -0.2) is 27.2 Å². The number of carbonyl (C=O) groups excluding carboxylic acids is 1. The summed E-state index contributed by atoms with van der Waals surface area (Å²) in [5.74, 6) is -0.0506. The first-order valence-electron chi connectivity index (χ1n) is 6.83. The molecule has 6 nitrogen and oxygen atoms in total. The topological polar surface area (TPSA) is 85.8 Å². The van der Waals surface area contributed by atoms with Crippen LogP contribution in [0.2, 0.25) is 0 Å². The molecule has 0 saturated heterocycles. The lowest BCUT2D eigenvalue weighted by molar-refractivity contribution is -0.119. The smallest absolute Gasteiger partial charge is 0.227 e. The van der Waals surface area contributed by atoms with Crippen molar-refractivity contribution in [3.63, 3.8) is 0 Å². The first-order valence-corrected chi connectivity index (χ1v) is 6.83. The lowest BCUT2D eigenvalue weighted by Gasteiger charge is -2.11. The Hall–Kier alpha value is -1.95. The van der Waals surface area contributed by atoms with Gasteiger partial charge in [-0.2, -0.15) is 5.10 Å². The van der Waals surface area contributed by atoms with Gasteiger partial charge in [-0.3, -0.25) is 9.48 Å². The van der Waals surface area contributed by atoms with E-state index in [1.165, 1.54) is 0 Å². The second-order valence-electron chi connectivity index (χ2n) is 5.13. The maximum Gasteiger partial charge on any atom is 0.227 e. The molecule has 0 fully saturated rings. The van der Waals surface area contributed by atoms with Crippen LogP contribution >= 0.6 is 0 Å². The summed E-state index contributed by atoms with van der Waals surface area (Å²) in [6.45, 7) is 4.45. The van der Waals surface area contributed by atoms with Crippen LogP contribution in [0.4, 0.5) is 5.69 Å². The summed E-state index contributed by atoms with van der Waals surface area (Å²) in [4.78, 5) is 16.4. The van der Waals surface area contributed by atoms with Crippen molar-refractivity contribution in [3.05, 3.63) is 18.0 Å². The van der Waals surface area contributed by atoms with Gasteiger partial charge in [0.05, 0.1) is 17.6 Å². The van der Waals surface area contributed by atoms with Crippen molar-refractivity contribution in [1.82, 2.24) is 14.8 Å². The van der Waals surface area contributed by atoms with Gasteiger partial charge in [0, 0.05) is 18.4 Å². The zero-order chi connectivity index (χ0) is 14.7. The lowest BCUT2D eigenvalue weighted by Crippen LogP contribution is -2.21. The van der Waals surface area contributed by atoms with Crippen LogP contribution in [0.3, 0.4) is 0 Å². The highest BCUT2D eigenvalue weighted by Crippen LogP contribution is 2.20. The average molecular weight is 275 g/mol. The summed E-state index contributed by atoms with van der Waals surface area (Å²) in [5.41, 5.74) is 7.89. The Balaban J connectivity index is 2.13. The molecule has 1 atom stereocenters. The fourth-order valence-electron chi connectivity index (χ4n) is 2.20. The Morgan fingerprint density at radius 3 is 3.00 bits per heavy atom. The van der Waals surface area contributed by atoms with E-state index in [1.807, 2.05) is 27.0 Å². The number of nitrogens with zero attached hydrogens (tertiary/aromatic N) is 3. The molecular formula is C14H21N5O. The summed E-state index contributed by atoms with van der Waals surface area (Å²) in [7, 11) is 1.86. The molecule has 6 heteroatoms. The third-order valence-electron chi connectivity index (χ3n) is 3.42. The van der Waals surface area contributed by atoms with E-state index in [0.717, 1.165) is 29.6 Å². The van der Waals surface area contributed by atoms with E-state index in [4.69, 9.17) is 5.73 Å². The average Bonchev–Trinajstić information content (AvgIpc) is 2.71. The van der Waals surface area contributed by atoms with E-state index in [0.29, 0.717) is 12.2 Å². The van der Waals surface area contributed by atoms with Crippen LogP contribution in [0.15, 0.2) is 12.3 Å². The van der Waals surface area contributed by atoms with Crippen LogP contribution in [0.25, 0.3) is 11.0 Å². The Labute approximate surface area is 118 Å². The number of carbonyl (C=O) groups is 1. The molecule has 108 valence electrons. The number of aromatic nitrogens is 3. The number of pyridine rings is 1. The zero-order valence-electron chi connectivity index (χ0n) is 12.2. The quantitative estimate of drug-likeness (QED) is 0.867. The molecule has 1 amide bonds. The van der Waals surface area contributed by atoms with E-state index in [-0.39, 0.29) is 11.8 Å². The molecule has 0 spiro atoms. The Morgan fingerprint density at radius 1 is 1.55 bits per heavy atom. The second kappa shape index (κ2) is 6.00. The molecule has 0 aliphatic carbocycles. The molecule has 0 aromatic carbocycles. The molecule has 1 unspecified atom stereocenters. The summed E-state index contributed by atoms with van der Waals surface area (Å²) >= 11 is 0. The minimum absolute atomic E-state index is 0.00106. The van der Waals surface area contributed by atoms with Crippen LogP contribution < -0.4 is 11.1 Å². The van der Waals surface area contributed by atoms with Gasteiger partial charge >= 0.3 is 0 Å². The molecule has 2 rings (SSSR count). The monoisotopic (exact) mass is 275 g/mol. The molecule has 0 saturated carbocycles. The van der Waals surface area contributed by atoms with E-state index >= 15 is 0 Å². The molecule has 0 radical (unpaired) electrons. The largest absolute Gasteiger partial charge is 0.330 e. The molecule has 0 aliphatic rings. The summed E-state index contributed by atoms with van der Waals surface area (Å²) in [6.07, 6.45) is 3.31. The van der Waals surface area contributed by atoms with Crippen molar-refractivity contribution in [2.75, 3.05) is 11.9 Å². The summed E-state index contributed by atoms with van der Waals surface area (Å²) < 4.78 is 1.74. The second-order valence-corrected chi connectivity index (χ2v) is 5.13. The number of fused-ring (bicyclic) bond motifs is 1. The van der Waals surface area contributed by atoms with Gasteiger partial charge in [-0.15, -0.1) is 0 Å². The van der Waals surface area contributed by atoms with Gasteiger partial charge in [0.1, 0.15) is 0 Å². The molecular weight excluding hydrogens is 254 g/mol. The predicted molar refractivity (Wildman–Crippen MR) is 79.3 cm³/mol. The third-order valence-corrected chi connectivity index (χ3v) is 3.42. The molecule has 2 aromatic rings. The van der Waals surface area contributed by atoms with Crippen molar-refractivity contribution >= 4 is 22.6 Å². The number of rotatable bonds is 5. The van der Waals surface area contributed by atoms with Crippen molar-refractivity contribution in [3.8, 4) is 0 Å². The first-order chi connectivity index (χ1) is 9.52. The number of aryl methyl sites for hydroxylation is 2. The fourth-order valence-corrected chi connectivity index (χ4v) is 2.20. The van der Waals surface area contributed by atoms with Gasteiger partial charge in [-0.05, 0) is 32.4 Å². The van der Waals surface area contributed by atoms with Gasteiger partial charge in [0.15, 0.2) is 5.65 Å². The number of nitrogens with two attached hydrogens (primary N) is 1. The SMILES string of the molecule is Cc1nn(C)c2ncc(NC(=O)C(C)CCCN)cc12. The maximum absolute atomic E-state index is 12.0. The van der Waals surface area contributed by atoms with E-state index in [1.54, 1.807) is 10.9 Å². The van der Waals surface area contributed by atoms with E-state index < -0.39 is 0 Å². The molecule has 2 heterocycles. The summed E-state index contributed by atoms with van der Waals surface area (Å²) in [5, 5.41) is 8.17. The van der Waals surface area contributed by atoms with E-state index in [2.05, 4.69) is 15.4 Å². The Morgan fingerprint density at radius 2 is 2.30 bits per heavy atom. The van der Waals surface area contributed by atoms with Crippen LogP contribution in [-0.2, 0) is 11.8 Å². The minimum atomic E-state index is -0.0516. The number of nitrogens with one attached hydrogen (secondary N) is 1. The van der Waals surface area contributed by atoms with Crippen LogP contribution in [0, 0.1) is 12.8 Å². The Kier molecular flexibility index (Phi) is 4.34. The maximum atomic E-state index is 12.0. The van der Waals surface area contributed by atoms with Crippen molar-refractivity contribution in [2.24, 2.45) is 18.7 Å². The number of amides is 1. The highest BCUT2D eigenvalue weighted by Gasteiger charge is 2.14. The summed E-state index contributed by atoms with van der Waals surface area (Å²) in [6, 6.07) is 1.91.